The van der Waals surface area contributed by atoms with Crippen molar-refractivity contribution in [2.45, 2.75) is 31.6 Å². The van der Waals surface area contributed by atoms with Crippen molar-refractivity contribution in [3.05, 3.63) is 48.0 Å². The molecule has 0 bridgehead atoms. The molecule has 0 spiro atoms. The molecule has 0 aromatic heterocycles. The van der Waals surface area contributed by atoms with Gasteiger partial charge in [-0.05, 0) is 22.4 Å². The molecule has 102 valence electrons. The highest BCUT2D eigenvalue weighted by atomic mass is 32.2. The molecule has 1 unspecified atom stereocenters. The molecule has 0 saturated carbocycles. The van der Waals surface area contributed by atoms with Crippen molar-refractivity contribution in [1.29, 1.82) is 0 Å². The molecule has 0 amide bonds. The molecule has 2 aromatic rings. The van der Waals surface area contributed by atoms with Gasteiger partial charge in [0, 0.05) is 10.5 Å². The number of rotatable bonds is 4. The first-order valence-corrected chi connectivity index (χ1v) is 7.57. The number of hydrogen-bond donors (Lipinski definition) is 2. The summed E-state index contributed by atoms with van der Waals surface area (Å²) in [5.41, 5.74) is 4.18. The third kappa shape index (κ3) is 3.96. The van der Waals surface area contributed by atoms with E-state index in [1.165, 1.54) is 16.3 Å². The van der Waals surface area contributed by atoms with E-state index in [1.807, 2.05) is 11.8 Å². The van der Waals surface area contributed by atoms with Gasteiger partial charge in [0.1, 0.15) is 0 Å². The molecule has 2 nitrogen and oxygen atoms in total. The Morgan fingerprint density at radius 2 is 1.79 bits per heavy atom. The van der Waals surface area contributed by atoms with E-state index >= 15 is 0 Å². The second-order valence-electron chi connectivity index (χ2n) is 5.75. The van der Waals surface area contributed by atoms with Crippen LogP contribution in [0.25, 0.3) is 10.8 Å². The average Bonchev–Trinajstić information content (AvgIpc) is 2.38. The zero-order chi connectivity index (χ0) is 13.9. The van der Waals surface area contributed by atoms with Gasteiger partial charge in [-0.1, -0.05) is 57.2 Å². The van der Waals surface area contributed by atoms with Gasteiger partial charge in [-0.2, -0.15) is 11.8 Å². The van der Waals surface area contributed by atoms with Crippen molar-refractivity contribution in [1.82, 2.24) is 5.43 Å². The highest BCUT2D eigenvalue weighted by molar-refractivity contribution is 8.00. The zero-order valence-corrected chi connectivity index (χ0v) is 12.6. The van der Waals surface area contributed by atoms with Gasteiger partial charge in [0.2, 0.25) is 0 Å². The van der Waals surface area contributed by atoms with Crippen molar-refractivity contribution in [2.75, 3.05) is 5.75 Å². The van der Waals surface area contributed by atoms with Crippen molar-refractivity contribution < 1.29 is 0 Å². The van der Waals surface area contributed by atoms with Crippen LogP contribution < -0.4 is 11.3 Å². The summed E-state index contributed by atoms with van der Waals surface area (Å²) in [6.07, 6.45) is 0. The molecule has 0 aliphatic carbocycles. The van der Waals surface area contributed by atoms with E-state index in [2.05, 4.69) is 68.7 Å². The minimum atomic E-state index is 0.189. The molecule has 1 atom stereocenters. The first kappa shape index (κ1) is 14.4. The average molecular weight is 274 g/mol. The van der Waals surface area contributed by atoms with Gasteiger partial charge in [0.05, 0.1) is 6.04 Å². The number of thioether (sulfide) groups is 1. The Labute approximate surface area is 119 Å². The number of hydrogen-bond acceptors (Lipinski definition) is 3. The highest BCUT2D eigenvalue weighted by Crippen LogP contribution is 2.29. The first-order valence-electron chi connectivity index (χ1n) is 6.58. The lowest BCUT2D eigenvalue weighted by molar-refractivity contribution is 0.608. The lowest BCUT2D eigenvalue weighted by Crippen LogP contribution is -2.30. The fourth-order valence-corrected chi connectivity index (χ4v) is 2.95. The topological polar surface area (TPSA) is 38.0 Å². The van der Waals surface area contributed by atoms with E-state index in [-0.39, 0.29) is 10.8 Å². The Balaban J connectivity index is 2.20. The summed E-state index contributed by atoms with van der Waals surface area (Å²) in [5, 5.41) is 2.53. The molecule has 0 aliphatic heterocycles. The summed E-state index contributed by atoms with van der Waals surface area (Å²) in [4.78, 5) is 0. The summed E-state index contributed by atoms with van der Waals surface area (Å²) < 4.78 is 0.256. The second kappa shape index (κ2) is 5.95. The fourth-order valence-electron chi connectivity index (χ4n) is 2.00. The number of nitrogens with two attached hydrogens (primary N) is 1. The minimum Gasteiger partial charge on any atom is -0.271 e. The maximum absolute atomic E-state index is 5.71. The summed E-state index contributed by atoms with van der Waals surface area (Å²) >= 11 is 1.92. The largest absolute Gasteiger partial charge is 0.271 e. The molecule has 2 aromatic carbocycles. The van der Waals surface area contributed by atoms with Crippen LogP contribution >= 0.6 is 11.8 Å². The first-order chi connectivity index (χ1) is 8.99. The molecular formula is C16H22N2S. The van der Waals surface area contributed by atoms with Crippen LogP contribution in [-0.2, 0) is 0 Å². The van der Waals surface area contributed by atoms with Gasteiger partial charge < -0.3 is 0 Å². The SMILES string of the molecule is CC(C)(C)SCC(NN)c1ccc2ccccc2c1. The number of fused-ring (bicyclic) bond motifs is 1. The molecular weight excluding hydrogens is 252 g/mol. The molecule has 19 heavy (non-hydrogen) atoms. The molecule has 0 fully saturated rings. The predicted octanol–water partition coefficient (Wildman–Crippen LogP) is 3.88. The van der Waals surface area contributed by atoms with Crippen LogP contribution in [0.2, 0.25) is 0 Å². The predicted molar refractivity (Wildman–Crippen MR) is 86.2 cm³/mol. The lowest BCUT2D eigenvalue weighted by Gasteiger charge is -2.23. The molecule has 0 aliphatic rings. The Morgan fingerprint density at radius 1 is 1.11 bits per heavy atom. The van der Waals surface area contributed by atoms with Crippen molar-refractivity contribution in [3.8, 4) is 0 Å². The molecule has 0 saturated heterocycles. The van der Waals surface area contributed by atoms with Crippen LogP contribution in [0.5, 0.6) is 0 Å². The summed E-state index contributed by atoms with van der Waals surface area (Å²) in [5.74, 6) is 6.69. The maximum Gasteiger partial charge on any atom is 0.0550 e. The van der Waals surface area contributed by atoms with Crippen molar-refractivity contribution >= 4 is 22.5 Å². The minimum absolute atomic E-state index is 0.189. The number of nitrogens with one attached hydrogen (secondary N) is 1. The maximum atomic E-state index is 5.71. The van der Waals surface area contributed by atoms with Gasteiger partial charge in [0.15, 0.2) is 0 Å². The molecule has 3 heteroatoms. The third-order valence-corrected chi connectivity index (χ3v) is 4.43. The monoisotopic (exact) mass is 274 g/mol. The molecule has 0 radical (unpaired) electrons. The van der Waals surface area contributed by atoms with E-state index in [4.69, 9.17) is 5.84 Å². The van der Waals surface area contributed by atoms with E-state index in [0.717, 1.165) is 5.75 Å². The summed E-state index contributed by atoms with van der Waals surface area (Å²) in [6.45, 7) is 6.68. The Hall–Kier alpha value is -1.03. The second-order valence-corrected chi connectivity index (χ2v) is 7.60. The fraction of sp³-hybridized carbons (Fsp3) is 0.375. The molecule has 0 heterocycles. The normalized spacial score (nSPS) is 13.7. The van der Waals surface area contributed by atoms with Gasteiger partial charge >= 0.3 is 0 Å². The van der Waals surface area contributed by atoms with Crippen molar-refractivity contribution in [3.63, 3.8) is 0 Å². The highest BCUT2D eigenvalue weighted by Gasteiger charge is 2.16. The quantitative estimate of drug-likeness (QED) is 0.656. The van der Waals surface area contributed by atoms with Gasteiger partial charge in [-0.25, -0.2) is 0 Å². The van der Waals surface area contributed by atoms with E-state index in [1.54, 1.807) is 0 Å². The van der Waals surface area contributed by atoms with Crippen molar-refractivity contribution in [2.24, 2.45) is 5.84 Å². The van der Waals surface area contributed by atoms with Crippen LogP contribution in [0.15, 0.2) is 42.5 Å². The van der Waals surface area contributed by atoms with Gasteiger partial charge in [0.25, 0.3) is 0 Å². The Kier molecular flexibility index (Phi) is 4.50. The Morgan fingerprint density at radius 3 is 2.42 bits per heavy atom. The number of benzene rings is 2. The molecule has 2 rings (SSSR count). The van der Waals surface area contributed by atoms with E-state index in [0.29, 0.717) is 0 Å². The lowest BCUT2D eigenvalue weighted by atomic mass is 10.0. The zero-order valence-electron chi connectivity index (χ0n) is 11.8. The van der Waals surface area contributed by atoms with E-state index in [9.17, 15) is 0 Å². The summed E-state index contributed by atoms with van der Waals surface area (Å²) in [6, 6.07) is 15.2. The number of hydrazine groups is 1. The smallest absolute Gasteiger partial charge is 0.0550 e. The standard InChI is InChI=1S/C16H22N2S/c1-16(2,3)19-11-15(18-17)14-9-8-12-6-4-5-7-13(12)10-14/h4-10,15,18H,11,17H2,1-3H3. The van der Waals surface area contributed by atoms with Gasteiger partial charge in [-0.15, -0.1) is 0 Å². The van der Waals surface area contributed by atoms with Crippen LogP contribution in [-0.4, -0.2) is 10.5 Å². The van der Waals surface area contributed by atoms with Crippen LogP contribution in [0.3, 0.4) is 0 Å². The Bertz CT molecular complexity index is 546. The van der Waals surface area contributed by atoms with Crippen LogP contribution in [0, 0.1) is 0 Å². The van der Waals surface area contributed by atoms with Crippen LogP contribution in [0.1, 0.15) is 32.4 Å². The third-order valence-electron chi connectivity index (χ3n) is 3.06. The van der Waals surface area contributed by atoms with Gasteiger partial charge in [-0.3, -0.25) is 11.3 Å². The summed E-state index contributed by atoms with van der Waals surface area (Å²) in [7, 11) is 0. The van der Waals surface area contributed by atoms with E-state index < -0.39 is 0 Å². The molecule has 3 N–H and O–H groups in total. The van der Waals surface area contributed by atoms with Crippen LogP contribution in [0.4, 0.5) is 0 Å².